The van der Waals surface area contributed by atoms with Crippen LogP contribution in [-0.2, 0) is 6.18 Å². The summed E-state index contributed by atoms with van der Waals surface area (Å²) < 4.78 is 40.0. The SMILES string of the molecule is Cc1cn(-c2ccc(C(F)(F)F)cc2)/c(=N/C(=O)N2CCCN(C)CC2)s1. The fourth-order valence-corrected chi connectivity index (χ4v) is 3.75. The van der Waals surface area contributed by atoms with Crippen LogP contribution < -0.4 is 4.80 Å². The third kappa shape index (κ3) is 4.78. The summed E-state index contributed by atoms with van der Waals surface area (Å²) in [6, 6.07) is 4.53. The maximum Gasteiger partial charge on any atom is 0.416 e. The highest BCUT2D eigenvalue weighted by molar-refractivity contribution is 7.09. The Morgan fingerprint density at radius 2 is 1.81 bits per heavy atom. The molecule has 3 rings (SSSR count). The summed E-state index contributed by atoms with van der Waals surface area (Å²) in [6.07, 6.45) is -1.72. The molecule has 2 aromatic rings. The van der Waals surface area contributed by atoms with Crippen molar-refractivity contribution < 1.29 is 18.0 Å². The van der Waals surface area contributed by atoms with Crippen LogP contribution in [0.1, 0.15) is 16.9 Å². The summed E-state index contributed by atoms with van der Waals surface area (Å²) in [5.41, 5.74) is -0.170. The number of benzene rings is 1. The quantitative estimate of drug-likeness (QED) is 0.738. The van der Waals surface area contributed by atoms with Crippen molar-refractivity contribution in [3.8, 4) is 5.69 Å². The molecule has 0 spiro atoms. The number of urea groups is 1. The molecule has 1 aromatic heterocycles. The lowest BCUT2D eigenvalue weighted by Gasteiger charge is -2.17. The molecule has 0 radical (unpaired) electrons. The molecule has 0 aliphatic carbocycles. The molecule has 0 atom stereocenters. The van der Waals surface area contributed by atoms with Gasteiger partial charge in [-0.25, -0.2) is 4.79 Å². The van der Waals surface area contributed by atoms with Crippen molar-refractivity contribution in [1.29, 1.82) is 0 Å². The van der Waals surface area contributed by atoms with Crippen LogP contribution in [0.25, 0.3) is 5.69 Å². The predicted molar refractivity (Wildman–Crippen MR) is 98.0 cm³/mol. The number of carbonyl (C=O) groups is 1. The standard InChI is InChI=1S/C18H21F3N4OS/c1-13-12-25(15-6-4-14(5-7-15)18(19,20)21)17(27-13)22-16(26)24-9-3-8-23(2)10-11-24/h4-7,12H,3,8-11H2,1-2H3/b22-17-. The monoisotopic (exact) mass is 398 g/mol. The number of nitrogens with zero attached hydrogens (tertiary/aromatic N) is 4. The number of aryl methyl sites for hydroxylation is 1. The number of thiazole rings is 1. The number of likely N-dealkylation sites (N-methyl/N-ethyl adjacent to an activating group) is 1. The first-order valence-corrected chi connectivity index (χ1v) is 9.44. The minimum atomic E-state index is -4.38. The molecule has 5 nitrogen and oxygen atoms in total. The van der Waals surface area contributed by atoms with Gasteiger partial charge in [-0.15, -0.1) is 11.3 Å². The van der Waals surface area contributed by atoms with Crippen molar-refractivity contribution in [2.75, 3.05) is 33.2 Å². The van der Waals surface area contributed by atoms with Crippen molar-refractivity contribution in [2.45, 2.75) is 19.5 Å². The van der Waals surface area contributed by atoms with Crippen LogP contribution in [0, 0.1) is 6.92 Å². The van der Waals surface area contributed by atoms with E-state index in [1.807, 2.05) is 14.0 Å². The molecule has 1 fully saturated rings. The highest BCUT2D eigenvalue weighted by Crippen LogP contribution is 2.29. The fraction of sp³-hybridized carbons (Fsp3) is 0.444. The van der Waals surface area contributed by atoms with Gasteiger partial charge in [0.25, 0.3) is 0 Å². The molecule has 1 aliphatic rings. The minimum absolute atomic E-state index is 0.312. The van der Waals surface area contributed by atoms with Crippen LogP contribution >= 0.6 is 11.3 Å². The van der Waals surface area contributed by atoms with Crippen molar-refractivity contribution >= 4 is 17.4 Å². The van der Waals surface area contributed by atoms with E-state index in [0.717, 1.165) is 36.5 Å². The summed E-state index contributed by atoms with van der Waals surface area (Å²) in [5.74, 6) is 0. The molecule has 27 heavy (non-hydrogen) atoms. The first-order chi connectivity index (χ1) is 12.7. The second kappa shape index (κ2) is 7.85. The van der Waals surface area contributed by atoms with Gasteiger partial charge in [0.1, 0.15) is 0 Å². The van der Waals surface area contributed by atoms with Crippen LogP contribution in [0.15, 0.2) is 35.5 Å². The first kappa shape index (κ1) is 19.6. The molecular formula is C18H21F3N4OS. The van der Waals surface area contributed by atoms with Crippen LogP contribution in [-0.4, -0.2) is 53.6 Å². The van der Waals surface area contributed by atoms with Gasteiger partial charge in [-0.3, -0.25) is 4.57 Å². The number of aromatic nitrogens is 1. The van der Waals surface area contributed by atoms with Crippen molar-refractivity contribution in [3.63, 3.8) is 0 Å². The summed E-state index contributed by atoms with van der Waals surface area (Å²) in [5, 5.41) is 0. The molecule has 146 valence electrons. The molecule has 0 saturated carbocycles. The summed E-state index contributed by atoms with van der Waals surface area (Å²) in [7, 11) is 2.02. The Hall–Kier alpha value is -2.13. The van der Waals surface area contributed by atoms with E-state index in [4.69, 9.17) is 0 Å². The fourth-order valence-electron chi connectivity index (χ4n) is 2.92. The molecule has 1 saturated heterocycles. The van der Waals surface area contributed by atoms with Gasteiger partial charge in [0.15, 0.2) is 4.80 Å². The minimum Gasteiger partial charge on any atom is -0.321 e. The van der Waals surface area contributed by atoms with Crippen molar-refractivity contribution in [1.82, 2.24) is 14.4 Å². The molecule has 1 aromatic carbocycles. The Labute approximate surface area is 159 Å². The molecule has 2 amide bonds. The van der Waals surface area contributed by atoms with Gasteiger partial charge < -0.3 is 9.80 Å². The van der Waals surface area contributed by atoms with Gasteiger partial charge in [0, 0.05) is 36.4 Å². The average Bonchev–Trinajstić information content (AvgIpc) is 2.82. The van der Waals surface area contributed by atoms with E-state index >= 15 is 0 Å². The maximum absolute atomic E-state index is 12.8. The molecule has 1 aliphatic heterocycles. The number of alkyl halides is 3. The van der Waals surface area contributed by atoms with Gasteiger partial charge in [0.05, 0.1) is 5.56 Å². The Kier molecular flexibility index (Phi) is 5.71. The zero-order valence-corrected chi connectivity index (χ0v) is 16.0. The first-order valence-electron chi connectivity index (χ1n) is 8.63. The lowest BCUT2D eigenvalue weighted by atomic mass is 10.2. The molecule has 2 heterocycles. The third-order valence-corrected chi connectivity index (χ3v) is 5.32. The number of hydrogen-bond donors (Lipinski definition) is 0. The van der Waals surface area contributed by atoms with Gasteiger partial charge in [-0.1, -0.05) is 0 Å². The highest BCUT2D eigenvalue weighted by Gasteiger charge is 2.30. The number of hydrogen-bond acceptors (Lipinski definition) is 3. The zero-order chi connectivity index (χ0) is 19.6. The zero-order valence-electron chi connectivity index (χ0n) is 15.2. The number of carbonyl (C=O) groups excluding carboxylic acids is 1. The molecule has 0 unspecified atom stereocenters. The van der Waals surface area contributed by atoms with E-state index in [-0.39, 0.29) is 6.03 Å². The molecule has 0 bridgehead atoms. The smallest absolute Gasteiger partial charge is 0.321 e. The van der Waals surface area contributed by atoms with E-state index < -0.39 is 11.7 Å². The Morgan fingerprint density at radius 3 is 2.48 bits per heavy atom. The van der Waals surface area contributed by atoms with Crippen molar-refractivity contribution in [3.05, 3.63) is 45.7 Å². The molecule has 9 heteroatoms. The topological polar surface area (TPSA) is 40.8 Å². The van der Waals surface area contributed by atoms with E-state index in [2.05, 4.69) is 9.89 Å². The van der Waals surface area contributed by atoms with Crippen molar-refractivity contribution in [2.24, 2.45) is 4.99 Å². The largest absolute Gasteiger partial charge is 0.416 e. The van der Waals surface area contributed by atoms with Gasteiger partial charge in [-0.2, -0.15) is 18.2 Å². The average molecular weight is 398 g/mol. The Balaban J connectivity index is 1.89. The van der Waals surface area contributed by atoms with Crippen LogP contribution in [0.2, 0.25) is 0 Å². The highest BCUT2D eigenvalue weighted by atomic mass is 32.1. The normalized spacial score (nSPS) is 17.2. The summed E-state index contributed by atoms with van der Waals surface area (Å²) in [6.45, 7) is 4.87. The molecule has 0 N–H and O–H groups in total. The number of rotatable bonds is 1. The molecular weight excluding hydrogens is 377 g/mol. The Bertz CT molecular complexity index is 870. The van der Waals surface area contributed by atoms with Crippen LogP contribution in [0.3, 0.4) is 0 Å². The summed E-state index contributed by atoms with van der Waals surface area (Å²) >= 11 is 1.33. The van der Waals surface area contributed by atoms with Crippen LogP contribution in [0.4, 0.5) is 18.0 Å². The van der Waals surface area contributed by atoms with Gasteiger partial charge >= 0.3 is 12.2 Å². The summed E-state index contributed by atoms with van der Waals surface area (Å²) in [4.78, 5) is 22.1. The van der Waals surface area contributed by atoms with Gasteiger partial charge in [0.2, 0.25) is 0 Å². The van der Waals surface area contributed by atoms with E-state index in [9.17, 15) is 18.0 Å². The van der Waals surface area contributed by atoms with E-state index in [1.54, 1.807) is 15.7 Å². The second-order valence-electron chi connectivity index (χ2n) is 6.58. The van der Waals surface area contributed by atoms with E-state index in [0.29, 0.717) is 23.6 Å². The lowest BCUT2D eigenvalue weighted by Crippen LogP contribution is -2.33. The predicted octanol–water partition coefficient (Wildman–Crippen LogP) is 3.52. The second-order valence-corrected chi connectivity index (χ2v) is 7.79. The van der Waals surface area contributed by atoms with Gasteiger partial charge in [-0.05, 0) is 51.2 Å². The van der Waals surface area contributed by atoms with Crippen LogP contribution in [0.5, 0.6) is 0 Å². The number of halogens is 3. The maximum atomic E-state index is 12.8. The Morgan fingerprint density at radius 1 is 1.11 bits per heavy atom. The third-order valence-electron chi connectivity index (χ3n) is 4.42. The lowest BCUT2D eigenvalue weighted by molar-refractivity contribution is -0.137. The van der Waals surface area contributed by atoms with E-state index in [1.165, 1.54) is 23.5 Å². The number of amides is 2.